The third kappa shape index (κ3) is 4.07. The molecular formula is C31H45FN2O3. The monoisotopic (exact) mass is 512 g/mol. The number of hydrogen-bond acceptors (Lipinski definition) is 4. The SMILES string of the molecule is C[C@H](CCC(=O)N1CCc2nc(F)ccc21)[C@H]1CC[C@H]2[C@@H]3[C@@H](O)C[C@@H]4C[C@H](O)CC[C@]4(C)[C@H]3CC[C@]12C. The number of aliphatic hydroxyl groups is 2. The Bertz CT molecular complexity index is 1050. The number of halogens is 1. The predicted molar refractivity (Wildman–Crippen MR) is 141 cm³/mol. The second kappa shape index (κ2) is 9.29. The minimum atomic E-state index is -0.478. The molecule has 0 bridgehead atoms. The molecule has 6 heteroatoms. The average Bonchev–Trinajstić information content (AvgIpc) is 3.44. The number of amides is 1. The zero-order chi connectivity index (χ0) is 26.1. The van der Waals surface area contributed by atoms with Crippen molar-refractivity contribution in [1.82, 2.24) is 4.98 Å². The molecule has 0 unspecified atom stereocenters. The molecule has 2 N–H and O–H groups in total. The first-order valence-corrected chi connectivity index (χ1v) is 14.9. The Kier molecular flexibility index (Phi) is 6.46. The number of hydrogen-bond donors (Lipinski definition) is 2. The Hall–Kier alpha value is -1.53. The first-order chi connectivity index (χ1) is 17.6. The summed E-state index contributed by atoms with van der Waals surface area (Å²) in [5.74, 6) is 2.63. The number of carbonyl (C=O) groups is 1. The highest BCUT2D eigenvalue weighted by atomic mass is 19.1. The van der Waals surface area contributed by atoms with Gasteiger partial charge >= 0.3 is 0 Å². The van der Waals surface area contributed by atoms with E-state index in [1.807, 2.05) is 0 Å². The molecule has 10 atom stereocenters. The molecular weight excluding hydrogens is 467 g/mol. The van der Waals surface area contributed by atoms with Gasteiger partial charge in [-0.25, -0.2) is 4.98 Å². The van der Waals surface area contributed by atoms with Crippen LogP contribution in [0.3, 0.4) is 0 Å². The molecule has 0 radical (unpaired) electrons. The number of carbonyl (C=O) groups excluding carboxylic acids is 1. The number of fused-ring (bicyclic) bond motifs is 6. The number of rotatable bonds is 4. The topological polar surface area (TPSA) is 73.7 Å². The first-order valence-electron chi connectivity index (χ1n) is 14.9. The van der Waals surface area contributed by atoms with Crippen LogP contribution in [0.25, 0.3) is 0 Å². The van der Waals surface area contributed by atoms with Gasteiger partial charge in [0.15, 0.2) is 0 Å². The van der Waals surface area contributed by atoms with E-state index in [0.717, 1.165) is 37.8 Å². The van der Waals surface area contributed by atoms with E-state index >= 15 is 0 Å². The Morgan fingerprint density at radius 1 is 1.11 bits per heavy atom. The van der Waals surface area contributed by atoms with Gasteiger partial charge in [-0.15, -0.1) is 0 Å². The van der Waals surface area contributed by atoms with Crippen molar-refractivity contribution < 1.29 is 19.4 Å². The molecule has 1 aromatic heterocycles. The standard InChI is InChI=1S/C31H45FN2O3/c1-18(4-9-28(37)34-15-12-24-25(34)7-8-27(32)33-24)21-5-6-22-29-23(11-14-31(21,22)3)30(2)13-10-20(35)16-19(30)17-26(29)36/h7-8,18-23,26,29,35-36H,4-6,9-17H2,1-3H3/t18-,19+,20-,21-,22+,23+,26+,29+,30+,31-/m1/s1. The van der Waals surface area contributed by atoms with Crippen molar-refractivity contribution in [2.24, 2.45) is 46.3 Å². The van der Waals surface area contributed by atoms with E-state index < -0.39 is 5.95 Å². The fraction of sp³-hybridized carbons (Fsp3) is 0.806. The molecule has 5 aliphatic rings. The first kappa shape index (κ1) is 25.7. The summed E-state index contributed by atoms with van der Waals surface area (Å²) in [5.41, 5.74) is 1.95. The molecule has 4 saturated carbocycles. The number of anilines is 1. The Labute approximate surface area is 221 Å². The predicted octanol–water partition coefficient (Wildman–Crippen LogP) is 5.52. The summed E-state index contributed by atoms with van der Waals surface area (Å²) in [7, 11) is 0. The fourth-order valence-electron chi connectivity index (χ4n) is 10.4. The quantitative estimate of drug-likeness (QED) is 0.521. The summed E-state index contributed by atoms with van der Waals surface area (Å²) in [4.78, 5) is 18.9. The Morgan fingerprint density at radius 2 is 1.86 bits per heavy atom. The van der Waals surface area contributed by atoms with Crippen LogP contribution < -0.4 is 4.90 Å². The van der Waals surface area contributed by atoms with Crippen LogP contribution in [-0.4, -0.2) is 39.9 Å². The van der Waals surface area contributed by atoms with Gasteiger partial charge in [0, 0.05) is 19.4 Å². The van der Waals surface area contributed by atoms with Gasteiger partial charge in [0.05, 0.1) is 23.6 Å². The zero-order valence-electron chi connectivity index (χ0n) is 22.8. The van der Waals surface area contributed by atoms with Crippen molar-refractivity contribution in [1.29, 1.82) is 0 Å². The van der Waals surface area contributed by atoms with Crippen molar-refractivity contribution >= 4 is 11.6 Å². The highest BCUT2D eigenvalue weighted by molar-refractivity contribution is 5.95. The smallest absolute Gasteiger partial charge is 0.227 e. The van der Waals surface area contributed by atoms with Crippen LogP contribution in [0.5, 0.6) is 0 Å². The van der Waals surface area contributed by atoms with Gasteiger partial charge in [-0.1, -0.05) is 20.8 Å². The molecule has 1 aliphatic heterocycles. The number of nitrogens with zero attached hydrogens (tertiary/aromatic N) is 2. The van der Waals surface area contributed by atoms with E-state index in [-0.39, 0.29) is 28.9 Å². The highest BCUT2D eigenvalue weighted by Crippen LogP contribution is 2.68. The Morgan fingerprint density at radius 3 is 2.68 bits per heavy atom. The van der Waals surface area contributed by atoms with Gasteiger partial charge in [0.25, 0.3) is 0 Å². The van der Waals surface area contributed by atoms with E-state index in [9.17, 15) is 19.4 Å². The molecule has 0 aromatic carbocycles. The van der Waals surface area contributed by atoms with Crippen molar-refractivity contribution in [2.75, 3.05) is 11.4 Å². The molecule has 4 aliphatic carbocycles. The zero-order valence-corrected chi connectivity index (χ0v) is 22.8. The molecule has 2 heterocycles. The summed E-state index contributed by atoms with van der Waals surface area (Å²) in [6.45, 7) is 7.90. The van der Waals surface area contributed by atoms with E-state index in [0.29, 0.717) is 60.6 Å². The van der Waals surface area contributed by atoms with Crippen LogP contribution in [0, 0.1) is 52.3 Å². The Balaban J connectivity index is 1.13. The van der Waals surface area contributed by atoms with Crippen molar-refractivity contribution in [3.63, 3.8) is 0 Å². The second-order valence-corrected chi connectivity index (χ2v) is 13.9. The van der Waals surface area contributed by atoms with E-state index in [2.05, 4.69) is 25.8 Å². The summed E-state index contributed by atoms with van der Waals surface area (Å²) >= 11 is 0. The minimum Gasteiger partial charge on any atom is -0.393 e. The van der Waals surface area contributed by atoms with Crippen molar-refractivity contribution in [3.8, 4) is 0 Å². The van der Waals surface area contributed by atoms with Crippen LogP contribution in [0.4, 0.5) is 10.1 Å². The third-order valence-corrected chi connectivity index (χ3v) is 12.3. The molecule has 204 valence electrons. The fourth-order valence-corrected chi connectivity index (χ4v) is 10.4. The normalized spacial score (nSPS) is 43.5. The average molecular weight is 513 g/mol. The summed E-state index contributed by atoms with van der Waals surface area (Å²) < 4.78 is 13.5. The maximum Gasteiger partial charge on any atom is 0.227 e. The van der Waals surface area contributed by atoms with Gasteiger partial charge in [-0.3, -0.25) is 4.79 Å². The van der Waals surface area contributed by atoms with E-state index in [4.69, 9.17) is 0 Å². The lowest BCUT2D eigenvalue weighted by atomic mass is 9.43. The molecule has 1 amide bonds. The molecule has 6 rings (SSSR count). The molecule has 0 saturated heterocycles. The van der Waals surface area contributed by atoms with E-state index in [1.165, 1.54) is 31.7 Å². The summed E-state index contributed by atoms with van der Waals surface area (Å²) in [6.07, 6.45) is 10.1. The lowest BCUT2D eigenvalue weighted by Gasteiger charge is -2.62. The number of aromatic nitrogens is 1. The van der Waals surface area contributed by atoms with Crippen LogP contribution in [0.1, 0.15) is 90.7 Å². The maximum atomic E-state index is 13.5. The van der Waals surface area contributed by atoms with Gasteiger partial charge in [0.2, 0.25) is 11.9 Å². The van der Waals surface area contributed by atoms with Crippen LogP contribution in [0.2, 0.25) is 0 Å². The lowest BCUT2D eigenvalue weighted by Crippen LogP contribution is -2.58. The molecule has 5 nitrogen and oxygen atoms in total. The highest BCUT2D eigenvalue weighted by Gasteiger charge is 2.62. The van der Waals surface area contributed by atoms with Crippen molar-refractivity contribution in [2.45, 2.75) is 104 Å². The molecule has 0 spiro atoms. The van der Waals surface area contributed by atoms with Gasteiger partial charge < -0.3 is 15.1 Å². The third-order valence-electron chi connectivity index (χ3n) is 12.3. The van der Waals surface area contributed by atoms with Gasteiger partial charge in [-0.05, 0) is 116 Å². The number of pyridine rings is 1. The largest absolute Gasteiger partial charge is 0.393 e. The van der Waals surface area contributed by atoms with Crippen LogP contribution >= 0.6 is 0 Å². The van der Waals surface area contributed by atoms with Crippen LogP contribution in [0.15, 0.2) is 12.1 Å². The second-order valence-electron chi connectivity index (χ2n) is 13.9. The lowest BCUT2D eigenvalue weighted by molar-refractivity contribution is -0.174. The summed E-state index contributed by atoms with van der Waals surface area (Å²) in [6, 6.07) is 3.04. The summed E-state index contributed by atoms with van der Waals surface area (Å²) in [5, 5.41) is 21.8. The van der Waals surface area contributed by atoms with Gasteiger partial charge in [0.1, 0.15) is 0 Å². The molecule has 1 aromatic rings. The van der Waals surface area contributed by atoms with Crippen molar-refractivity contribution in [3.05, 3.63) is 23.8 Å². The number of aliphatic hydroxyl groups excluding tert-OH is 2. The minimum absolute atomic E-state index is 0.128. The maximum absolute atomic E-state index is 13.5. The van der Waals surface area contributed by atoms with Gasteiger partial charge in [-0.2, -0.15) is 4.39 Å². The van der Waals surface area contributed by atoms with Crippen LogP contribution in [-0.2, 0) is 11.2 Å². The van der Waals surface area contributed by atoms with E-state index in [1.54, 1.807) is 11.0 Å². The molecule has 4 fully saturated rings. The molecule has 37 heavy (non-hydrogen) atoms.